The van der Waals surface area contributed by atoms with E-state index in [0.29, 0.717) is 5.75 Å². The molecule has 0 aromatic heterocycles. The molecule has 5 nitrogen and oxygen atoms in total. The van der Waals surface area contributed by atoms with E-state index in [1.807, 2.05) is 18.2 Å². The molecule has 0 fully saturated rings. The minimum Gasteiger partial charge on any atom is -0.454 e. The summed E-state index contributed by atoms with van der Waals surface area (Å²) in [7, 11) is 0. The third-order valence-electron chi connectivity index (χ3n) is 1.78. The van der Waals surface area contributed by atoms with Crippen molar-refractivity contribution in [3.05, 3.63) is 23.8 Å². The summed E-state index contributed by atoms with van der Waals surface area (Å²) in [5, 5.41) is 3.96. The van der Waals surface area contributed by atoms with Crippen molar-refractivity contribution < 1.29 is 9.47 Å². The molecule has 1 aliphatic rings. The summed E-state index contributed by atoms with van der Waals surface area (Å²) < 4.78 is 10.4. The van der Waals surface area contributed by atoms with Crippen LogP contribution in [-0.2, 0) is 0 Å². The van der Waals surface area contributed by atoms with Crippen molar-refractivity contribution in [3.8, 4) is 11.5 Å². The maximum Gasteiger partial charge on any atom is 0.231 e. The van der Waals surface area contributed by atoms with Gasteiger partial charge in [0.1, 0.15) is 0 Å². The lowest BCUT2D eigenvalue weighted by Crippen LogP contribution is -2.23. The zero-order chi connectivity index (χ0) is 10.7. The van der Waals surface area contributed by atoms with Crippen molar-refractivity contribution in [2.24, 2.45) is 10.8 Å². The number of fused-ring (bicyclic) bond motifs is 1. The molecule has 0 amide bonds. The van der Waals surface area contributed by atoms with Crippen LogP contribution >= 0.6 is 12.2 Å². The fourth-order valence-electron chi connectivity index (χ4n) is 1.16. The van der Waals surface area contributed by atoms with E-state index in [1.54, 1.807) is 6.21 Å². The van der Waals surface area contributed by atoms with Crippen molar-refractivity contribution in [2.75, 3.05) is 6.79 Å². The molecule has 0 spiro atoms. The third kappa shape index (κ3) is 2.35. The van der Waals surface area contributed by atoms with E-state index in [0.717, 1.165) is 11.3 Å². The number of hydrogen-bond acceptors (Lipinski definition) is 4. The minimum atomic E-state index is 0.131. The molecule has 0 bridgehead atoms. The van der Waals surface area contributed by atoms with Gasteiger partial charge >= 0.3 is 0 Å². The van der Waals surface area contributed by atoms with Gasteiger partial charge in [0.25, 0.3) is 0 Å². The number of nitrogens with two attached hydrogens (primary N) is 1. The van der Waals surface area contributed by atoms with Crippen LogP contribution in [0.1, 0.15) is 5.56 Å². The van der Waals surface area contributed by atoms with Crippen molar-refractivity contribution in [3.63, 3.8) is 0 Å². The standard InChI is InChI=1S/C9H9N3O2S/c10-9(15)12-11-4-6-1-2-7-8(3-6)14-5-13-7/h1-4H,5H2,(H3,10,12,15)/b11-4+. The van der Waals surface area contributed by atoms with Crippen LogP contribution in [0.3, 0.4) is 0 Å². The van der Waals surface area contributed by atoms with Gasteiger partial charge in [0.15, 0.2) is 16.6 Å². The molecule has 1 aromatic carbocycles. The normalized spacial score (nSPS) is 13.1. The molecule has 0 atom stereocenters. The Kier molecular flexibility index (Phi) is 2.68. The fourth-order valence-corrected chi connectivity index (χ4v) is 1.22. The second kappa shape index (κ2) is 4.14. The molecule has 15 heavy (non-hydrogen) atoms. The summed E-state index contributed by atoms with van der Waals surface area (Å²) >= 11 is 4.60. The Labute approximate surface area is 91.9 Å². The Bertz CT molecular complexity index is 420. The van der Waals surface area contributed by atoms with E-state index in [-0.39, 0.29) is 11.9 Å². The zero-order valence-corrected chi connectivity index (χ0v) is 8.58. The molecule has 1 heterocycles. The Balaban J connectivity index is 2.10. The van der Waals surface area contributed by atoms with Gasteiger partial charge in [0.2, 0.25) is 6.79 Å². The Morgan fingerprint density at radius 1 is 1.47 bits per heavy atom. The van der Waals surface area contributed by atoms with Gasteiger partial charge in [-0.2, -0.15) is 5.10 Å². The number of ether oxygens (including phenoxy) is 2. The molecule has 0 radical (unpaired) electrons. The molecular weight excluding hydrogens is 214 g/mol. The molecule has 1 aliphatic heterocycles. The first kappa shape index (κ1) is 9.72. The van der Waals surface area contributed by atoms with Crippen LogP contribution in [0.5, 0.6) is 11.5 Å². The van der Waals surface area contributed by atoms with Crippen LogP contribution in [-0.4, -0.2) is 18.1 Å². The van der Waals surface area contributed by atoms with Gasteiger partial charge in [-0.15, -0.1) is 0 Å². The van der Waals surface area contributed by atoms with Gasteiger partial charge in [-0.25, -0.2) is 0 Å². The summed E-state index contributed by atoms with van der Waals surface area (Å²) in [5.74, 6) is 1.46. The molecule has 0 aliphatic carbocycles. The number of hydrazone groups is 1. The largest absolute Gasteiger partial charge is 0.454 e. The quantitative estimate of drug-likeness (QED) is 0.436. The second-order valence-electron chi connectivity index (χ2n) is 2.85. The van der Waals surface area contributed by atoms with Crippen molar-refractivity contribution in [2.45, 2.75) is 0 Å². The number of hydrogen-bond donors (Lipinski definition) is 2. The minimum absolute atomic E-state index is 0.131. The summed E-state index contributed by atoms with van der Waals surface area (Å²) in [6.07, 6.45) is 1.60. The molecule has 2 rings (SSSR count). The smallest absolute Gasteiger partial charge is 0.231 e. The van der Waals surface area contributed by atoms with Gasteiger partial charge in [-0.3, -0.25) is 5.43 Å². The summed E-state index contributed by atoms with van der Waals surface area (Å²) in [6.45, 7) is 0.265. The Morgan fingerprint density at radius 2 is 2.27 bits per heavy atom. The lowest BCUT2D eigenvalue weighted by Gasteiger charge is -1.97. The van der Waals surface area contributed by atoms with Crippen molar-refractivity contribution >= 4 is 23.5 Å². The van der Waals surface area contributed by atoms with E-state index in [9.17, 15) is 0 Å². The first-order valence-corrected chi connectivity index (χ1v) is 4.65. The number of nitrogens with zero attached hydrogens (tertiary/aromatic N) is 1. The van der Waals surface area contributed by atoms with Gasteiger partial charge in [0, 0.05) is 0 Å². The Hall–Kier alpha value is -1.82. The molecule has 6 heteroatoms. The first-order valence-electron chi connectivity index (χ1n) is 4.24. The third-order valence-corrected chi connectivity index (χ3v) is 1.88. The monoisotopic (exact) mass is 223 g/mol. The lowest BCUT2D eigenvalue weighted by molar-refractivity contribution is 0.174. The highest BCUT2D eigenvalue weighted by Crippen LogP contribution is 2.31. The van der Waals surface area contributed by atoms with E-state index in [4.69, 9.17) is 15.2 Å². The highest BCUT2D eigenvalue weighted by Gasteiger charge is 2.12. The maximum atomic E-state index is 5.21. The van der Waals surface area contributed by atoms with Gasteiger partial charge in [-0.05, 0) is 36.0 Å². The van der Waals surface area contributed by atoms with Crippen LogP contribution in [0.25, 0.3) is 0 Å². The first-order chi connectivity index (χ1) is 7.25. The van der Waals surface area contributed by atoms with Crippen molar-refractivity contribution in [1.29, 1.82) is 0 Å². The number of rotatable bonds is 2. The van der Waals surface area contributed by atoms with E-state index in [1.165, 1.54) is 0 Å². The average Bonchev–Trinajstić information content (AvgIpc) is 2.64. The highest BCUT2D eigenvalue weighted by atomic mass is 32.1. The molecule has 3 N–H and O–H groups in total. The predicted octanol–water partition coefficient (Wildman–Crippen LogP) is 0.582. The number of thiocarbonyl (C=S) groups is 1. The molecule has 1 aromatic rings. The van der Waals surface area contributed by atoms with E-state index < -0.39 is 0 Å². The van der Waals surface area contributed by atoms with Crippen LogP contribution in [0.2, 0.25) is 0 Å². The summed E-state index contributed by atoms with van der Waals surface area (Å²) in [4.78, 5) is 0. The van der Waals surface area contributed by atoms with E-state index in [2.05, 4.69) is 22.7 Å². The average molecular weight is 223 g/mol. The maximum absolute atomic E-state index is 5.21. The second-order valence-corrected chi connectivity index (χ2v) is 3.29. The molecule has 78 valence electrons. The van der Waals surface area contributed by atoms with Crippen LogP contribution in [0, 0.1) is 0 Å². The van der Waals surface area contributed by atoms with Gasteiger partial charge in [-0.1, -0.05) is 0 Å². The summed E-state index contributed by atoms with van der Waals surface area (Å²) in [5.41, 5.74) is 8.55. The molecular formula is C9H9N3O2S. The summed E-state index contributed by atoms with van der Waals surface area (Å²) in [6, 6.07) is 5.51. The van der Waals surface area contributed by atoms with Crippen molar-refractivity contribution in [1.82, 2.24) is 5.43 Å². The zero-order valence-electron chi connectivity index (χ0n) is 7.77. The van der Waals surface area contributed by atoms with Crippen LogP contribution in [0.15, 0.2) is 23.3 Å². The van der Waals surface area contributed by atoms with Gasteiger partial charge in [0.05, 0.1) is 6.21 Å². The molecule has 0 saturated heterocycles. The fraction of sp³-hybridized carbons (Fsp3) is 0.111. The van der Waals surface area contributed by atoms with E-state index >= 15 is 0 Å². The lowest BCUT2D eigenvalue weighted by atomic mass is 10.2. The highest BCUT2D eigenvalue weighted by molar-refractivity contribution is 7.80. The molecule has 0 saturated carbocycles. The number of nitrogens with one attached hydrogen (secondary N) is 1. The SMILES string of the molecule is NC(=S)N/N=C/c1ccc2c(c1)OCO2. The topological polar surface area (TPSA) is 68.9 Å². The molecule has 0 unspecified atom stereocenters. The van der Waals surface area contributed by atoms with Crippen LogP contribution < -0.4 is 20.6 Å². The number of benzene rings is 1. The van der Waals surface area contributed by atoms with Gasteiger partial charge < -0.3 is 15.2 Å². The Morgan fingerprint density at radius 3 is 3.07 bits per heavy atom. The van der Waals surface area contributed by atoms with Crippen LogP contribution in [0.4, 0.5) is 0 Å². The predicted molar refractivity (Wildman–Crippen MR) is 60.1 cm³/mol.